The van der Waals surface area contributed by atoms with Gasteiger partial charge in [0.05, 0.1) is 11.4 Å². The Morgan fingerprint density at radius 2 is 0.556 bits per heavy atom. The molecule has 0 radical (unpaired) electrons. The summed E-state index contributed by atoms with van der Waals surface area (Å²) in [7, 11) is 0. The van der Waals surface area contributed by atoms with Gasteiger partial charge in [-0.05, 0) is 181 Å². The first-order valence-corrected chi connectivity index (χ1v) is 19.0. The van der Waals surface area contributed by atoms with E-state index in [0.717, 1.165) is 22.7 Å². The Bertz CT molecular complexity index is 2440. The topological polar surface area (TPSA) is 6.48 Å². The Labute approximate surface area is 321 Å². The van der Waals surface area contributed by atoms with Gasteiger partial charge in [0.25, 0.3) is 0 Å². The Balaban J connectivity index is 1.33. The lowest BCUT2D eigenvalue weighted by Crippen LogP contribution is -2.16. The molecule has 0 bridgehead atoms. The first-order chi connectivity index (χ1) is 26.2. The highest BCUT2D eigenvalue weighted by atomic mass is 15.2. The molecule has 8 rings (SSSR count). The second-order valence-corrected chi connectivity index (χ2v) is 14.9. The molecule has 0 unspecified atom stereocenters. The second-order valence-electron chi connectivity index (χ2n) is 14.9. The van der Waals surface area contributed by atoms with Gasteiger partial charge in [-0.15, -0.1) is 0 Å². The molecule has 0 aliphatic carbocycles. The molecule has 0 atom stereocenters. The molecule has 0 N–H and O–H groups in total. The highest BCUT2D eigenvalue weighted by Gasteiger charge is 2.28. The average molecular weight is 701 g/mol. The van der Waals surface area contributed by atoms with Gasteiger partial charge in [0, 0.05) is 22.7 Å². The molecule has 0 fully saturated rings. The lowest BCUT2D eigenvalue weighted by molar-refractivity contribution is 1.14. The molecule has 0 heterocycles. The minimum atomic E-state index is 1.16. The summed E-state index contributed by atoms with van der Waals surface area (Å²) < 4.78 is 0. The van der Waals surface area contributed by atoms with E-state index in [-0.39, 0.29) is 0 Å². The fraction of sp³-hybridized carbons (Fsp3) is 0.154. The van der Waals surface area contributed by atoms with Crippen LogP contribution in [-0.4, -0.2) is 0 Å². The summed E-state index contributed by atoms with van der Waals surface area (Å²) in [5.41, 5.74) is 20.3. The fourth-order valence-corrected chi connectivity index (χ4v) is 8.61. The van der Waals surface area contributed by atoms with Crippen LogP contribution >= 0.6 is 0 Å². The summed E-state index contributed by atoms with van der Waals surface area (Å²) >= 11 is 0. The molecule has 0 aliphatic rings. The van der Waals surface area contributed by atoms with Gasteiger partial charge in [-0.3, -0.25) is 0 Å². The van der Waals surface area contributed by atoms with Crippen molar-refractivity contribution in [2.45, 2.75) is 55.4 Å². The predicted molar refractivity (Wildman–Crippen MR) is 234 cm³/mol. The van der Waals surface area contributed by atoms with Crippen molar-refractivity contribution in [3.63, 3.8) is 0 Å². The number of fused-ring (bicyclic) bond motifs is 2. The van der Waals surface area contributed by atoms with E-state index in [1.54, 1.807) is 0 Å². The molecule has 0 saturated heterocycles. The molecule has 8 aromatic carbocycles. The highest BCUT2D eigenvalue weighted by Crippen LogP contribution is 2.49. The van der Waals surface area contributed by atoms with E-state index in [1.165, 1.54) is 88.6 Å². The summed E-state index contributed by atoms with van der Waals surface area (Å²) in [6.07, 6.45) is 0. The van der Waals surface area contributed by atoms with Crippen LogP contribution in [0.4, 0.5) is 34.1 Å². The van der Waals surface area contributed by atoms with E-state index < -0.39 is 0 Å². The van der Waals surface area contributed by atoms with Crippen molar-refractivity contribution >= 4 is 55.7 Å². The summed E-state index contributed by atoms with van der Waals surface area (Å²) in [5, 5.41) is 4.97. The maximum Gasteiger partial charge on any atom is 0.0525 e. The minimum absolute atomic E-state index is 1.16. The zero-order valence-electron chi connectivity index (χ0n) is 32.8. The van der Waals surface area contributed by atoms with Crippen molar-refractivity contribution in [2.75, 3.05) is 9.80 Å². The van der Waals surface area contributed by atoms with Crippen molar-refractivity contribution in [3.05, 3.63) is 190 Å². The number of para-hydroxylation sites is 2. The standard InChI is InChI=1S/C52H48N2/c1-33-37(5)51(53(45-23-11-9-12-24-45)47-29-27-41-19-15-17-21-43(41)31-47)38(6)34(2)49(33)50-35(3)39(7)52(40(8)36(50)4)54(46-25-13-10-14-26-46)48-30-28-42-20-16-18-22-44(42)32-48/h9-32H,1-8H3. The summed E-state index contributed by atoms with van der Waals surface area (Å²) in [6, 6.07) is 52.6. The van der Waals surface area contributed by atoms with Crippen molar-refractivity contribution in [2.24, 2.45) is 0 Å². The number of hydrogen-bond donors (Lipinski definition) is 0. The van der Waals surface area contributed by atoms with Gasteiger partial charge in [0.1, 0.15) is 0 Å². The molecule has 0 aromatic heterocycles. The summed E-state index contributed by atoms with van der Waals surface area (Å²) in [6.45, 7) is 18.6. The lowest BCUT2D eigenvalue weighted by Gasteiger charge is -2.34. The molecule has 266 valence electrons. The molecular weight excluding hydrogens is 653 g/mol. The zero-order valence-corrected chi connectivity index (χ0v) is 32.8. The van der Waals surface area contributed by atoms with Gasteiger partial charge in [0.2, 0.25) is 0 Å². The average Bonchev–Trinajstić information content (AvgIpc) is 3.21. The van der Waals surface area contributed by atoms with E-state index in [9.17, 15) is 0 Å². The van der Waals surface area contributed by atoms with Crippen molar-refractivity contribution in [3.8, 4) is 11.1 Å². The van der Waals surface area contributed by atoms with Crippen LogP contribution in [0.2, 0.25) is 0 Å². The summed E-state index contributed by atoms with van der Waals surface area (Å²) in [5.74, 6) is 0. The van der Waals surface area contributed by atoms with Gasteiger partial charge in [-0.1, -0.05) is 97.1 Å². The molecule has 0 amide bonds. The largest absolute Gasteiger partial charge is 0.310 e. The third-order valence-corrected chi connectivity index (χ3v) is 11.9. The lowest BCUT2D eigenvalue weighted by atomic mass is 9.81. The highest BCUT2D eigenvalue weighted by molar-refractivity contribution is 5.95. The Morgan fingerprint density at radius 1 is 0.259 bits per heavy atom. The van der Waals surface area contributed by atoms with Crippen LogP contribution in [0.1, 0.15) is 44.5 Å². The van der Waals surface area contributed by atoms with Crippen LogP contribution in [0.15, 0.2) is 146 Å². The molecular formula is C52H48N2. The van der Waals surface area contributed by atoms with Gasteiger partial charge >= 0.3 is 0 Å². The molecule has 8 aromatic rings. The monoisotopic (exact) mass is 700 g/mol. The van der Waals surface area contributed by atoms with Crippen molar-refractivity contribution in [1.29, 1.82) is 0 Å². The minimum Gasteiger partial charge on any atom is -0.310 e. The van der Waals surface area contributed by atoms with Crippen LogP contribution < -0.4 is 9.80 Å². The van der Waals surface area contributed by atoms with Gasteiger partial charge in [-0.2, -0.15) is 0 Å². The van der Waals surface area contributed by atoms with Crippen LogP contribution in [0, 0.1) is 55.4 Å². The number of rotatable bonds is 7. The van der Waals surface area contributed by atoms with E-state index in [2.05, 4.69) is 211 Å². The first-order valence-electron chi connectivity index (χ1n) is 19.0. The third-order valence-electron chi connectivity index (χ3n) is 11.9. The smallest absolute Gasteiger partial charge is 0.0525 e. The van der Waals surface area contributed by atoms with E-state index in [4.69, 9.17) is 0 Å². The van der Waals surface area contributed by atoms with Crippen molar-refractivity contribution < 1.29 is 0 Å². The van der Waals surface area contributed by atoms with Crippen LogP contribution in [0.25, 0.3) is 32.7 Å². The van der Waals surface area contributed by atoms with Gasteiger partial charge in [-0.25, -0.2) is 0 Å². The Hall–Kier alpha value is -6.12. The normalized spacial score (nSPS) is 11.3. The van der Waals surface area contributed by atoms with Crippen LogP contribution in [0.5, 0.6) is 0 Å². The maximum absolute atomic E-state index is 2.46. The van der Waals surface area contributed by atoms with Crippen molar-refractivity contribution in [1.82, 2.24) is 0 Å². The van der Waals surface area contributed by atoms with Crippen LogP contribution in [-0.2, 0) is 0 Å². The molecule has 0 spiro atoms. The first kappa shape index (κ1) is 34.9. The predicted octanol–water partition coefficient (Wildman–Crippen LogP) is 15.1. The maximum atomic E-state index is 2.46. The Morgan fingerprint density at radius 3 is 0.889 bits per heavy atom. The molecule has 54 heavy (non-hydrogen) atoms. The third kappa shape index (κ3) is 5.83. The quantitative estimate of drug-likeness (QED) is 0.163. The summed E-state index contributed by atoms with van der Waals surface area (Å²) in [4.78, 5) is 4.92. The van der Waals surface area contributed by atoms with Gasteiger partial charge in [0.15, 0.2) is 0 Å². The zero-order chi connectivity index (χ0) is 37.7. The molecule has 2 nitrogen and oxygen atoms in total. The Kier molecular flexibility index (Phi) is 9.07. The number of anilines is 6. The van der Waals surface area contributed by atoms with E-state index in [0.29, 0.717) is 0 Å². The van der Waals surface area contributed by atoms with Crippen LogP contribution in [0.3, 0.4) is 0 Å². The molecule has 2 heteroatoms. The number of nitrogens with zero attached hydrogens (tertiary/aromatic N) is 2. The van der Waals surface area contributed by atoms with Gasteiger partial charge < -0.3 is 9.80 Å². The SMILES string of the molecule is Cc1c(C)c(N(c2ccccc2)c2ccc3ccccc3c2)c(C)c(C)c1-c1c(C)c(C)c(N(c2ccccc2)c2ccc3ccccc3c2)c(C)c1C. The molecule has 0 saturated carbocycles. The van der Waals surface area contributed by atoms with E-state index >= 15 is 0 Å². The van der Waals surface area contributed by atoms with E-state index in [1.807, 2.05) is 0 Å². The molecule has 0 aliphatic heterocycles. The number of hydrogen-bond acceptors (Lipinski definition) is 2. The fourth-order valence-electron chi connectivity index (χ4n) is 8.61. The second kappa shape index (κ2) is 14.0. The number of benzene rings is 8.